The Hall–Kier alpha value is -4.89. The average molecular weight is 610 g/mol. The van der Waals surface area contributed by atoms with Gasteiger partial charge in [0.2, 0.25) is 5.91 Å². The molecule has 2 atom stereocenters. The maximum atomic E-state index is 13.5. The maximum absolute atomic E-state index is 13.5. The standard InChI is InChI=1S/C36H39N3O6/c40-24-28(22-26-6-2-1-3-7-26)37-36(43)33-23-27-10-15-30(16-11-27)45-21-5-4-20-44-29-13-8-25(9-14-29)12-19-34(41)31-17-18-32(38-31)35(42)39-33/h1-3,6-11,13-18,28,33,38,40H,4-5,12,19-24H2,(H,37,43)(H,39,42)/t28-,33-/m0/s1. The highest BCUT2D eigenvalue weighted by Crippen LogP contribution is 2.17. The number of carbonyl (C=O) groups excluding carboxylic acids is 3. The van der Waals surface area contributed by atoms with E-state index in [1.165, 1.54) is 0 Å². The highest BCUT2D eigenvalue weighted by atomic mass is 16.5. The number of aromatic amines is 1. The molecule has 1 aromatic heterocycles. The van der Waals surface area contributed by atoms with E-state index in [1.54, 1.807) is 12.1 Å². The third kappa shape index (κ3) is 9.30. The van der Waals surface area contributed by atoms with Crippen molar-refractivity contribution in [2.75, 3.05) is 19.8 Å². The molecule has 0 unspecified atom stereocenters. The first-order chi connectivity index (χ1) is 22.0. The fraction of sp³-hybridized carbons (Fsp3) is 0.306. The number of aliphatic hydroxyl groups excluding tert-OH is 1. The molecule has 9 nitrogen and oxygen atoms in total. The summed E-state index contributed by atoms with van der Waals surface area (Å²) in [6.45, 7) is 0.859. The van der Waals surface area contributed by atoms with Gasteiger partial charge in [0, 0.05) is 12.8 Å². The molecule has 5 heterocycles. The summed E-state index contributed by atoms with van der Waals surface area (Å²) in [5.74, 6) is 0.443. The van der Waals surface area contributed by atoms with E-state index in [2.05, 4.69) is 15.6 Å². The van der Waals surface area contributed by atoms with E-state index in [9.17, 15) is 19.5 Å². The number of hydrogen-bond acceptors (Lipinski definition) is 6. The second-order valence-electron chi connectivity index (χ2n) is 11.2. The van der Waals surface area contributed by atoms with E-state index in [0.717, 1.165) is 35.3 Å². The highest BCUT2D eigenvalue weighted by molar-refractivity contribution is 6.00. The molecular formula is C36H39N3O6. The largest absolute Gasteiger partial charge is 0.494 e. The number of hydrogen-bond donors (Lipinski definition) is 4. The quantitative estimate of drug-likeness (QED) is 0.265. The fourth-order valence-electron chi connectivity index (χ4n) is 5.18. The molecule has 0 saturated carbocycles. The molecular weight excluding hydrogens is 570 g/mol. The van der Waals surface area contributed by atoms with Crippen molar-refractivity contribution in [3.05, 3.63) is 119 Å². The van der Waals surface area contributed by atoms with Crippen molar-refractivity contribution in [1.82, 2.24) is 15.6 Å². The second-order valence-corrected chi connectivity index (χ2v) is 11.2. The van der Waals surface area contributed by atoms with Crippen molar-refractivity contribution in [3.63, 3.8) is 0 Å². The summed E-state index contributed by atoms with van der Waals surface area (Å²) in [6, 6.07) is 26.4. The van der Waals surface area contributed by atoms with Crippen LogP contribution in [0.5, 0.6) is 11.5 Å². The van der Waals surface area contributed by atoms with Gasteiger partial charge in [-0.3, -0.25) is 14.4 Å². The number of rotatable bonds is 5. The Morgan fingerprint density at radius 2 is 1.42 bits per heavy atom. The summed E-state index contributed by atoms with van der Waals surface area (Å²) in [6.07, 6.45) is 3.13. The lowest BCUT2D eigenvalue weighted by Crippen LogP contribution is -2.52. The molecule has 9 heteroatoms. The Kier molecular flexibility index (Phi) is 11.0. The molecule has 2 amide bonds. The minimum absolute atomic E-state index is 0.118. The predicted molar refractivity (Wildman–Crippen MR) is 171 cm³/mol. The van der Waals surface area contributed by atoms with E-state index >= 15 is 0 Å². The number of aromatic nitrogens is 1. The normalized spacial score (nSPS) is 17.0. The average Bonchev–Trinajstić information content (AvgIpc) is 3.57. The van der Waals surface area contributed by atoms with Gasteiger partial charge in [0.1, 0.15) is 23.2 Å². The molecule has 6 bridgehead atoms. The molecule has 234 valence electrons. The predicted octanol–water partition coefficient (Wildman–Crippen LogP) is 4.44. The molecule has 0 fully saturated rings. The van der Waals surface area contributed by atoms with Gasteiger partial charge in [-0.05, 0) is 78.8 Å². The molecule has 0 aliphatic carbocycles. The second kappa shape index (κ2) is 15.7. The third-order valence-electron chi connectivity index (χ3n) is 7.75. The number of amides is 2. The summed E-state index contributed by atoms with van der Waals surface area (Å²) >= 11 is 0. The van der Waals surface area contributed by atoms with Crippen molar-refractivity contribution >= 4 is 17.6 Å². The van der Waals surface area contributed by atoms with E-state index in [1.807, 2.05) is 78.9 Å². The summed E-state index contributed by atoms with van der Waals surface area (Å²) < 4.78 is 11.7. The zero-order chi connectivity index (χ0) is 31.4. The van der Waals surface area contributed by atoms with Crippen LogP contribution in [-0.2, 0) is 24.1 Å². The zero-order valence-electron chi connectivity index (χ0n) is 25.2. The molecule has 4 aromatic rings. The van der Waals surface area contributed by atoms with Gasteiger partial charge in [0.15, 0.2) is 5.78 Å². The topological polar surface area (TPSA) is 130 Å². The van der Waals surface area contributed by atoms with Crippen molar-refractivity contribution in [1.29, 1.82) is 0 Å². The Balaban J connectivity index is 1.33. The van der Waals surface area contributed by atoms with E-state index in [4.69, 9.17) is 9.47 Å². The number of ether oxygens (including phenoxy) is 2. The third-order valence-corrected chi connectivity index (χ3v) is 7.75. The van der Waals surface area contributed by atoms with Gasteiger partial charge in [-0.15, -0.1) is 0 Å². The van der Waals surface area contributed by atoms with Crippen LogP contribution in [0.4, 0.5) is 0 Å². The summed E-state index contributed by atoms with van der Waals surface area (Å²) in [5.41, 5.74) is 3.31. The number of Topliss-reactive ketones (excluding diaryl/α,β-unsaturated/α-hetero) is 1. The molecule has 4 aliphatic rings. The summed E-state index contributed by atoms with van der Waals surface area (Å²) in [5, 5.41) is 15.8. The van der Waals surface area contributed by atoms with E-state index < -0.39 is 23.9 Å². The van der Waals surface area contributed by atoms with Crippen LogP contribution in [-0.4, -0.2) is 59.6 Å². The van der Waals surface area contributed by atoms with Crippen molar-refractivity contribution in [3.8, 4) is 11.5 Å². The monoisotopic (exact) mass is 609 g/mol. The summed E-state index contributed by atoms with van der Waals surface area (Å²) in [4.78, 5) is 42.7. The van der Waals surface area contributed by atoms with Crippen LogP contribution in [0.3, 0.4) is 0 Å². The molecule has 0 radical (unpaired) electrons. The van der Waals surface area contributed by atoms with Gasteiger partial charge in [0.05, 0.1) is 31.6 Å². The van der Waals surface area contributed by atoms with E-state index in [-0.39, 0.29) is 30.9 Å². The number of aryl methyl sites for hydroxylation is 1. The first-order valence-electron chi connectivity index (χ1n) is 15.4. The zero-order valence-corrected chi connectivity index (χ0v) is 25.2. The number of benzene rings is 3. The van der Waals surface area contributed by atoms with Crippen LogP contribution in [0.15, 0.2) is 91.0 Å². The van der Waals surface area contributed by atoms with Crippen LogP contribution in [0.25, 0.3) is 0 Å². The Labute approximate surface area is 263 Å². The fourth-order valence-corrected chi connectivity index (χ4v) is 5.18. The van der Waals surface area contributed by atoms with Crippen LogP contribution < -0.4 is 20.1 Å². The maximum Gasteiger partial charge on any atom is 0.268 e. The molecule has 4 N–H and O–H groups in total. The lowest BCUT2D eigenvalue weighted by molar-refractivity contribution is -0.124. The highest BCUT2D eigenvalue weighted by Gasteiger charge is 2.25. The minimum atomic E-state index is -0.940. The lowest BCUT2D eigenvalue weighted by Gasteiger charge is -2.23. The first-order valence-corrected chi connectivity index (χ1v) is 15.4. The van der Waals surface area contributed by atoms with Gasteiger partial charge >= 0.3 is 0 Å². The van der Waals surface area contributed by atoms with Gasteiger partial charge in [-0.25, -0.2) is 0 Å². The van der Waals surface area contributed by atoms with Crippen LogP contribution in [0, 0.1) is 0 Å². The Morgan fingerprint density at radius 3 is 2.07 bits per heavy atom. The van der Waals surface area contributed by atoms with Crippen LogP contribution in [0.2, 0.25) is 0 Å². The van der Waals surface area contributed by atoms with Crippen molar-refractivity contribution in [2.45, 2.75) is 50.6 Å². The number of carbonyl (C=O) groups is 3. The van der Waals surface area contributed by atoms with Crippen molar-refractivity contribution in [2.24, 2.45) is 0 Å². The van der Waals surface area contributed by atoms with Crippen LogP contribution in [0.1, 0.15) is 56.9 Å². The SMILES string of the molecule is O=C1CCc2ccc(cc2)OCCCCOc2ccc(cc2)C[C@@H](C(=O)N[C@H](CO)Cc2ccccc2)NC(=O)c2ccc1[nH]2. The van der Waals surface area contributed by atoms with E-state index in [0.29, 0.717) is 37.5 Å². The lowest BCUT2D eigenvalue weighted by atomic mass is 10.0. The molecule has 8 rings (SSSR count). The van der Waals surface area contributed by atoms with Gasteiger partial charge in [-0.1, -0.05) is 54.6 Å². The first kappa shape index (κ1) is 31.5. The van der Waals surface area contributed by atoms with Crippen LogP contribution >= 0.6 is 0 Å². The molecule has 4 aliphatic heterocycles. The van der Waals surface area contributed by atoms with Gasteiger partial charge in [0.25, 0.3) is 5.91 Å². The number of H-pyrrole nitrogens is 1. The molecule has 0 spiro atoms. The number of nitrogens with one attached hydrogen (secondary N) is 3. The molecule has 3 aromatic carbocycles. The molecule has 0 saturated heterocycles. The molecule has 45 heavy (non-hydrogen) atoms. The number of ketones is 1. The van der Waals surface area contributed by atoms with Gasteiger partial charge < -0.3 is 30.2 Å². The Morgan fingerprint density at radius 1 is 0.800 bits per heavy atom. The Bertz CT molecular complexity index is 1550. The number of aliphatic hydroxyl groups is 1. The van der Waals surface area contributed by atoms with Gasteiger partial charge in [-0.2, -0.15) is 0 Å². The summed E-state index contributed by atoms with van der Waals surface area (Å²) in [7, 11) is 0. The minimum Gasteiger partial charge on any atom is -0.494 e. The van der Waals surface area contributed by atoms with Crippen molar-refractivity contribution < 1.29 is 29.0 Å². The smallest absolute Gasteiger partial charge is 0.268 e.